The fraction of sp³-hybridized carbons (Fsp3) is 0.312. The number of aryl methyl sites for hydroxylation is 2. The van der Waals surface area contributed by atoms with Gasteiger partial charge in [-0.15, -0.1) is 0 Å². The van der Waals surface area contributed by atoms with Crippen LogP contribution in [0.5, 0.6) is 0 Å². The predicted molar refractivity (Wildman–Crippen MR) is 162 cm³/mol. The monoisotopic (exact) mass is 537 g/mol. The van der Waals surface area contributed by atoms with Crippen molar-refractivity contribution in [2.24, 2.45) is 0 Å². The molecule has 0 radical (unpaired) electrons. The van der Waals surface area contributed by atoms with Crippen molar-refractivity contribution in [2.75, 3.05) is 36.1 Å². The van der Waals surface area contributed by atoms with Gasteiger partial charge in [0.25, 0.3) is 0 Å². The number of nitrogens with one attached hydrogen (secondary N) is 1. The maximum atomic E-state index is 6.00. The molecule has 2 saturated heterocycles. The fourth-order valence-corrected chi connectivity index (χ4v) is 6.43. The molecule has 0 amide bonds. The minimum atomic E-state index is -0.0759. The molecule has 0 bridgehead atoms. The van der Waals surface area contributed by atoms with Crippen LogP contribution in [0.15, 0.2) is 79.0 Å². The summed E-state index contributed by atoms with van der Waals surface area (Å²) in [6.45, 7) is 10.0. The molecule has 200 valence electrons. The van der Waals surface area contributed by atoms with Gasteiger partial charge in [-0.05, 0) is 92.1 Å². The first-order valence-electron chi connectivity index (χ1n) is 13.8. The van der Waals surface area contributed by atoms with Crippen LogP contribution in [-0.2, 0) is 11.2 Å². The molecule has 2 aromatic heterocycles. The summed E-state index contributed by atoms with van der Waals surface area (Å²) < 4.78 is 7.94. The van der Waals surface area contributed by atoms with Crippen LogP contribution < -0.4 is 15.1 Å². The quantitative estimate of drug-likeness (QED) is 0.302. The van der Waals surface area contributed by atoms with Gasteiger partial charge >= 0.3 is 0 Å². The number of anilines is 2. The van der Waals surface area contributed by atoms with Gasteiger partial charge in [-0.3, -0.25) is 4.98 Å². The normalized spacial score (nSPS) is 19.4. The summed E-state index contributed by atoms with van der Waals surface area (Å²) >= 11 is 6.00. The third-order valence-corrected chi connectivity index (χ3v) is 8.32. The second kappa shape index (κ2) is 10.8. The lowest BCUT2D eigenvalue weighted by Gasteiger charge is -2.31. The van der Waals surface area contributed by atoms with Crippen LogP contribution in [0.2, 0.25) is 0 Å². The highest BCUT2D eigenvalue weighted by molar-refractivity contribution is 7.80. The number of hydrogen-bond acceptors (Lipinski definition) is 4. The number of nitrogens with zero attached hydrogens (tertiary/aromatic N) is 4. The van der Waals surface area contributed by atoms with Crippen LogP contribution >= 0.6 is 12.2 Å². The third-order valence-electron chi connectivity index (χ3n) is 8.00. The number of morpholine rings is 1. The fourth-order valence-electron chi connectivity index (χ4n) is 6.08. The maximum absolute atomic E-state index is 6.00. The molecule has 2 atom stereocenters. The topological polar surface area (TPSA) is 45.6 Å². The van der Waals surface area contributed by atoms with Crippen molar-refractivity contribution in [3.63, 3.8) is 0 Å². The van der Waals surface area contributed by atoms with Gasteiger partial charge in [-0.1, -0.05) is 31.2 Å². The zero-order valence-corrected chi connectivity index (χ0v) is 23.6. The van der Waals surface area contributed by atoms with E-state index in [0.29, 0.717) is 5.11 Å². The van der Waals surface area contributed by atoms with E-state index in [0.717, 1.165) is 44.1 Å². The van der Waals surface area contributed by atoms with Crippen molar-refractivity contribution >= 4 is 28.7 Å². The Balaban J connectivity index is 1.44. The van der Waals surface area contributed by atoms with Gasteiger partial charge in [0.05, 0.1) is 31.0 Å². The van der Waals surface area contributed by atoms with Crippen molar-refractivity contribution in [3.8, 4) is 5.69 Å². The average molecular weight is 538 g/mol. The van der Waals surface area contributed by atoms with Crippen molar-refractivity contribution < 1.29 is 4.74 Å². The molecule has 1 N–H and O–H groups in total. The van der Waals surface area contributed by atoms with Gasteiger partial charge < -0.3 is 24.4 Å². The first-order chi connectivity index (χ1) is 19.1. The molecular formula is C32H35N5OS. The molecule has 6 nitrogen and oxygen atoms in total. The van der Waals surface area contributed by atoms with Crippen molar-refractivity contribution in [3.05, 3.63) is 107 Å². The zero-order chi connectivity index (χ0) is 26.9. The smallest absolute Gasteiger partial charge is 0.174 e. The van der Waals surface area contributed by atoms with Crippen LogP contribution in [0.4, 0.5) is 11.4 Å². The molecule has 2 aromatic carbocycles. The molecule has 0 aliphatic carbocycles. The molecule has 2 unspecified atom stereocenters. The van der Waals surface area contributed by atoms with Gasteiger partial charge in [0.2, 0.25) is 0 Å². The third kappa shape index (κ3) is 4.70. The molecule has 39 heavy (non-hydrogen) atoms. The van der Waals surface area contributed by atoms with Crippen molar-refractivity contribution in [1.82, 2.24) is 14.9 Å². The Bertz CT molecular complexity index is 1460. The van der Waals surface area contributed by atoms with Crippen LogP contribution in [0.1, 0.15) is 47.2 Å². The summed E-state index contributed by atoms with van der Waals surface area (Å²) in [4.78, 5) is 9.39. The summed E-state index contributed by atoms with van der Waals surface area (Å²) in [5.74, 6) is 0. The van der Waals surface area contributed by atoms with E-state index in [1.165, 1.54) is 33.9 Å². The Labute approximate surface area is 236 Å². The molecule has 0 saturated carbocycles. The molecule has 4 aromatic rings. The van der Waals surface area contributed by atoms with Crippen LogP contribution in [0, 0.1) is 13.8 Å². The van der Waals surface area contributed by atoms with Gasteiger partial charge in [0.15, 0.2) is 5.11 Å². The average Bonchev–Trinajstić information content (AvgIpc) is 3.48. The highest BCUT2D eigenvalue weighted by atomic mass is 32.1. The number of para-hydroxylation sites is 1. The standard InChI is InChI=1S/C32H35N5OS/c1-4-24-9-5-6-11-29(24)36-22(2)21-27(23(36)3)31-30(28-10-7-8-16-33-28)34-32(39)37(31)26-14-12-25(13-15-26)35-17-19-38-20-18-35/h5-16,21,30-31H,4,17-20H2,1-3H3,(H,34,39). The zero-order valence-electron chi connectivity index (χ0n) is 22.8. The van der Waals surface area contributed by atoms with E-state index < -0.39 is 0 Å². The Hall–Kier alpha value is -3.68. The van der Waals surface area contributed by atoms with E-state index in [1.807, 2.05) is 18.3 Å². The molecule has 2 aliphatic heterocycles. The largest absolute Gasteiger partial charge is 0.378 e. The summed E-state index contributed by atoms with van der Waals surface area (Å²) in [5.41, 5.74) is 9.53. The second-order valence-electron chi connectivity index (χ2n) is 10.3. The minimum absolute atomic E-state index is 0.0459. The molecule has 2 fully saturated rings. The van der Waals surface area contributed by atoms with Gasteiger partial charge in [-0.25, -0.2) is 0 Å². The number of pyridine rings is 1. The Kier molecular flexibility index (Phi) is 7.11. The lowest BCUT2D eigenvalue weighted by atomic mass is 9.96. The number of hydrogen-bond donors (Lipinski definition) is 1. The van der Waals surface area contributed by atoms with Gasteiger partial charge in [0, 0.05) is 47.7 Å². The van der Waals surface area contributed by atoms with E-state index in [9.17, 15) is 0 Å². The molecule has 0 spiro atoms. The van der Waals surface area contributed by atoms with E-state index in [4.69, 9.17) is 21.9 Å². The minimum Gasteiger partial charge on any atom is -0.378 e. The summed E-state index contributed by atoms with van der Waals surface area (Å²) in [5, 5.41) is 4.34. The molecule has 2 aliphatic rings. The lowest BCUT2D eigenvalue weighted by Crippen LogP contribution is -2.36. The molecule has 4 heterocycles. The number of ether oxygens (including phenoxy) is 1. The summed E-state index contributed by atoms with van der Waals surface area (Å²) in [6, 6.07) is 25.8. The molecule has 7 heteroatoms. The molecule has 6 rings (SSSR count). The predicted octanol–water partition coefficient (Wildman–Crippen LogP) is 6.07. The first kappa shape index (κ1) is 25.6. The summed E-state index contributed by atoms with van der Waals surface area (Å²) in [7, 11) is 0. The Morgan fingerprint density at radius 1 is 0.949 bits per heavy atom. The number of benzene rings is 2. The van der Waals surface area contributed by atoms with E-state index in [2.05, 4.69) is 101 Å². The van der Waals surface area contributed by atoms with E-state index >= 15 is 0 Å². The SMILES string of the molecule is CCc1ccccc1-n1c(C)cc(C2C(c3ccccn3)NC(=S)N2c2ccc(N3CCOCC3)cc2)c1C. The maximum Gasteiger partial charge on any atom is 0.174 e. The van der Waals surface area contributed by atoms with Crippen LogP contribution in [-0.4, -0.2) is 41.0 Å². The number of rotatable bonds is 6. The van der Waals surface area contributed by atoms with Gasteiger partial charge in [0.1, 0.15) is 0 Å². The Morgan fingerprint density at radius 2 is 1.67 bits per heavy atom. The lowest BCUT2D eigenvalue weighted by molar-refractivity contribution is 0.122. The van der Waals surface area contributed by atoms with Crippen molar-refractivity contribution in [1.29, 1.82) is 0 Å². The Morgan fingerprint density at radius 3 is 2.38 bits per heavy atom. The van der Waals surface area contributed by atoms with Gasteiger partial charge in [-0.2, -0.15) is 0 Å². The number of aromatic nitrogens is 2. The highest BCUT2D eigenvalue weighted by Crippen LogP contribution is 2.44. The number of thiocarbonyl (C=S) groups is 1. The molecular weight excluding hydrogens is 502 g/mol. The first-order valence-corrected chi connectivity index (χ1v) is 14.2. The van der Waals surface area contributed by atoms with E-state index in [1.54, 1.807) is 0 Å². The van der Waals surface area contributed by atoms with E-state index in [-0.39, 0.29) is 12.1 Å². The van der Waals surface area contributed by atoms with Crippen LogP contribution in [0.25, 0.3) is 5.69 Å². The highest BCUT2D eigenvalue weighted by Gasteiger charge is 2.42. The van der Waals surface area contributed by atoms with Crippen LogP contribution in [0.3, 0.4) is 0 Å². The second-order valence-corrected chi connectivity index (χ2v) is 10.6. The van der Waals surface area contributed by atoms with Crippen molar-refractivity contribution in [2.45, 2.75) is 39.3 Å². The summed E-state index contributed by atoms with van der Waals surface area (Å²) in [6.07, 6.45) is 2.84.